The van der Waals surface area contributed by atoms with Gasteiger partial charge in [-0.1, -0.05) is 13.3 Å². The number of carbonyl (C=O) groups excluding carboxylic acids is 1. The van der Waals surface area contributed by atoms with Gasteiger partial charge in [-0.15, -0.1) is 24.0 Å². The molecule has 1 fully saturated rings. The summed E-state index contributed by atoms with van der Waals surface area (Å²) in [4.78, 5) is 18.3. The number of nitrogens with one attached hydrogen (secondary N) is 2. The molecule has 1 heterocycles. The lowest BCUT2D eigenvalue weighted by Gasteiger charge is -2.34. The number of piperidine rings is 1. The lowest BCUT2D eigenvalue weighted by molar-refractivity contribution is 0.0162. The summed E-state index contributed by atoms with van der Waals surface area (Å²) in [6, 6.07) is 0. The molecule has 1 aliphatic heterocycles. The van der Waals surface area contributed by atoms with Gasteiger partial charge in [0, 0.05) is 33.2 Å². The zero-order chi connectivity index (χ0) is 18.0. The smallest absolute Gasteiger partial charge is 0.410 e. The van der Waals surface area contributed by atoms with Crippen molar-refractivity contribution in [3.8, 4) is 0 Å². The number of nitrogens with zero attached hydrogens (tertiary/aromatic N) is 2. The van der Waals surface area contributed by atoms with E-state index in [-0.39, 0.29) is 30.1 Å². The summed E-state index contributed by atoms with van der Waals surface area (Å²) in [6.45, 7) is 11.3. The van der Waals surface area contributed by atoms with E-state index in [1.165, 1.54) is 12.8 Å². The van der Waals surface area contributed by atoms with Crippen molar-refractivity contribution >= 4 is 36.0 Å². The topological polar surface area (TPSA) is 66.0 Å². The average Bonchev–Trinajstić information content (AvgIpc) is 2.52. The predicted octanol–water partition coefficient (Wildman–Crippen LogP) is 3.61. The highest BCUT2D eigenvalue weighted by Gasteiger charge is 2.27. The van der Waals surface area contributed by atoms with E-state index in [1.54, 1.807) is 7.05 Å². The maximum absolute atomic E-state index is 12.2. The van der Waals surface area contributed by atoms with E-state index in [0.29, 0.717) is 5.92 Å². The Morgan fingerprint density at radius 2 is 1.96 bits per heavy atom. The molecule has 1 rings (SSSR count). The number of hydrogen-bond acceptors (Lipinski definition) is 3. The van der Waals surface area contributed by atoms with Crippen LogP contribution in [0.25, 0.3) is 0 Å². The van der Waals surface area contributed by atoms with Crippen LogP contribution in [0.4, 0.5) is 4.79 Å². The van der Waals surface area contributed by atoms with Gasteiger partial charge in [0.15, 0.2) is 5.96 Å². The average molecular weight is 468 g/mol. The molecule has 148 valence electrons. The Hall–Kier alpha value is -0.730. The summed E-state index contributed by atoms with van der Waals surface area (Å²) >= 11 is 0. The number of amides is 1. The summed E-state index contributed by atoms with van der Waals surface area (Å²) in [7, 11) is 1.80. The summed E-state index contributed by atoms with van der Waals surface area (Å²) in [5.41, 5.74) is -0.428. The normalized spacial score (nSPS) is 18.4. The third-order valence-electron chi connectivity index (χ3n) is 4.06. The van der Waals surface area contributed by atoms with E-state index in [2.05, 4.69) is 22.5 Å². The SMILES string of the molecule is CCCCNC(=NC)NCCC1CCCN(C(=O)OC(C)(C)C)C1.I. The van der Waals surface area contributed by atoms with Crippen LogP contribution < -0.4 is 10.6 Å². The first-order valence-electron chi connectivity index (χ1n) is 9.28. The second-order valence-electron chi connectivity index (χ2n) is 7.50. The van der Waals surface area contributed by atoms with Gasteiger partial charge in [0.2, 0.25) is 0 Å². The lowest BCUT2D eigenvalue weighted by atomic mass is 9.95. The van der Waals surface area contributed by atoms with Gasteiger partial charge < -0.3 is 20.3 Å². The number of carbonyl (C=O) groups is 1. The Morgan fingerprint density at radius 3 is 2.56 bits per heavy atom. The second kappa shape index (κ2) is 12.6. The van der Waals surface area contributed by atoms with Gasteiger partial charge in [-0.2, -0.15) is 0 Å². The first-order chi connectivity index (χ1) is 11.4. The van der Waals surface area contributed by atoms with E-state index in [4.69, 9.17) is 4.74 Å². The second-order valence-corrected chi connectivity index (χ2v) is 7.50. The number of ether oxygens (including phenoxy) is 1. The molecule has 0 aromatic heterocycles. The fourth-order valence-electron chi connectivity index (χ4n) is 2.79. The molecule has 7 heteroatoms. The summed E-state index contributed by atoms with van der Waals surface area (Å²) < 4.78 is 5.48. The van der Waals surface area contributed by atoms with E-state index in [1.807, 2.05) is 25.7 Å². The Balaban J connectivity index is 0.00000576. The first kappa shape index (κ1) is 24.3. The molecular formula is C18H37IN4O2. The van der Waals surface area contributed by atoms with Crippen molar-refractivity contribution in [1.82, 2.24) is 15.5 Å². The Labute approximate surface area is 170 Å². The number of aliphatic imine (C=N–C) groups is 1. The molecule has 1 saturated heterocycles. The molecule has 0 aromatic carbocycles. The fourth-order valence-corrected chi connectivity index (χ4v) is 2.79. The number of likely N-dealkylation sites (tertiary alicyclic amines) is 1. The fraction of sp³-hybridized carbons (Fsp3) is 0.889. The molecule has 1 unspecified atom stereocenters. The van der Waals surface area contributed by atoms with E-state index >= 15 is 0 Å². The number of guanidine groups is 1. The highest BCUT2D eigenvalue weighted by atomic mass is 127. The van der Waals surface area contributed by atoms with Crippen LogP contribution in [0.3, 0.4) is 0 Å². The van der Waals surface area contributed by atoms with Gasteiger partial charge in [0.25, 0.3) is 0 Å². The van der Waals surface area contributed by atoms with Gasteiger partial charge in [0.1, 0.15) is 5.60 Å². The number of rotatable bonds is 6. The van der Waals surface area contributed by atoms with Crippen molar-refractivity contribution in [2.24, 2.45) is 10.9 Å². The highest BCUT2D eigenvalue weighted by Crippen LogP contribution is 2.21. The van der Waals surface area contributed by atoms with Crippen LogP contribution in [-0.2, 0) is 4.74 Å². The quantitative estimate of drug-likeness (QED) is 0.271. The van der Waals surface area contributed by atoms with Crippen LogP contribution in [0.15, 0.2) is 4.99 Å². The van der Waals surface area contributed by atoms with Crippen LogP contribution in [0.2, 0.25) is 0 Å². The van der Waals surface area contributed by atoms with E-state index < -0.39 is 5.60 Å². The molecule has 0 aliphatic carbocycles. The Kier molecular flexibility index (Phi) is 12.2. The lowest BCUT2D eigenvalue weighted by Crippen LogP contribution is -2.44. The van der Waals surface area contributed by atoms with Crippen LogP contribution in [0.5, 0.6) is 0 Å². The minimum absolute atomic E-state index is 0. The summed E-state index contributed by atoms with van der Waals surface area (Å²) in [5.74, 6) is 1.38. The molecule has 2 N–H and O–H groups in total. The number of hydrogen-bond donors (Lipinski definition) is 2. The number of halogens is 1. The maximum Gasteiger partial charge on any atom is 0.410 e. The van der Waals surface area contributed by atoms with Crippen LogP contribution >= 0.6 is 24.0 Å². The van der Waals surface area contributed by atoms with Gasteiger partial charge in [-0.05, 0) is 52.4 Å². The molecule has 0 aromatic rings. The molecule has 1 amide bonds. The van der Waals surface area contributed by atoms with Crippen molar-refractivity contribution in [2.75, 3.05) is 33.2 Å². The predicted molar refractivity (Wildman–Crippen MR) is 115 cm³/mol. The molecule has 0 radical (unpaired) electrons. The van der Waals surface area contributed by atoms with Gasteiger partial charge in [-0.25, -0.2) is 4.79 Å². The van der Waals surface area contributed by atoms with Crippen LogP contribution in [0.1, 0.15) is 59.8 Å². The Bertz CT molecular complexity index is 410. The van der Waals surface area contributed by atoms with Crippen molar-refractivity contribution in [1.29, 1.82) is 0 Å². The van der Waals surface area contributed by atoms with Crippen molar-refractivity contribution in [2.45, 2.75) is 65.4 Å². The minimum Gasteiger partial charge on any atom is -0.444 e. The molecule has 1 atom stereocenters. The molecular weight excluding hydrogens is 431 g/mol. The maximum atomic E-state index is 12.2. The highest BCUT2D eigenvalue weighted by molar-refractivity contribution is 14.0. The largest absolute Gasteiger partial charge is 0.444 e. The van der Waals surface area contributed by atoms with Crippen LogP contribution in [-0.4, -0.2) is 55.8 Å². The molecule has 0 spiro atoms. The van der Waals surface area contributed by atoms with E-state index in [9.17, 15) is 4.79 Å². The summed E-state index contributed by atoms with van der Waals surface area (Å²) in [5, 5.41) is 6.68. The number of unbranched alkanes of at least 4 members (excludes halogenated alkanes) is 1. The molecule has 25 heavy (non-hydrogen) atoms. The van der Waals surface area contributed by atoms with Gasteiger partial charge >= 0.3 is 6.09 Å². The molecule has 0 saturated carbocycles. The monoisotopic (exact) mass is 468 g/mol. The van der Waals surface area contributed by atoms with E-state index in [0.717, 1.165) is 51.4 Å². The Morgan fingerprint density at radius 1 is 1.28 bits per heavy atom. The van der Waals surface area contributed by atoms with Crippen molar-refractivity contribution in [3.63, 3.8) is 0 Å². The third-order valence-corrected chi connectivity index (χ3v) is 4.06. The zero-order valence-corrected chi connectivity index (χ0v) is 18.9. The molecule has 1 aliphatic rings. The van der Waals surface area contributed by atoms with Crippen molar-refractivity contribution < 1.29 is 9.53 Å². The van der Waals surface area contributed by atoms with Gasteiger partial charge in [0.05, 0.1) is 0 Å². The summed E-state index contributed by atoms with van der Waals surface area (Å²) in [6.07, 6.45) is 5.39. The third kappa shape index (κ3) is 10.8. The van der Waals surface area contributed by atoms with Gasteiger partial charge in [-0.3, -0.25) is 4.99 Å². The first-order valence-corrected chi connectivity index (χ1v) is 9.28. The standard InChI is InChI=1S/C18H36N4O2.HI/c1-6-7-11-20-16(19-5)21-12-10-15-9-8-13-22(14-15)17(23)24-18(2,3)4;/h15H,6-14H2,1-5H3,(H2,19,20,21);1H. The minimum atomic E-state index is -0.428. The zero-order valence-electron chi connectivity index (χ0n) is 16.6. The van der Waals surface area contributed by atoms with Crippen molar-refractivity contribution in [3.05, 3.63) is 0 Å². The molecule has 6 nitrogen and oxygen atoms in total. The van der Waals surface area contributed by atoms with Crippen LogP contribution in [0, 0.1) is 5.92 Å². The molecule has 0 bridgehead atoms.